The van der Waals surface area contributed by atoms with Crippen molar-refractivity contribution in [1.29, 1.82) is 0 Å². The van der Waals surface area contributed by atoms with Gasteiger partial charge >= 0.3 is 0 Å². The molecule has 1 amide bonds. The maximum absolute atomic E-state index is 12.6. The van der Waals surface area contributed by atoms with Crippen LogP contribution in [-0.4, -0.2) is 29.3 Å². The molecular formula is C20H25N3OS2. The number of anilines is 1. The van der Waals surface area contributed by atoms with Crippen LogP contribution >= 0.6 is 23.1 Å². The lowest BCUT2D eigenvalue weighted by Crippen LogP contribution is -2.42. The summed E-state index contributed by atoms with van der Waals surface area (Å²) in [5, 5.41) is 5.40. The lowest BCUT2D eigenvalue weighted by atomic mass is 10.1. The van der Waals surface area contributed by atoms with Crippen molar-refractivity contribution in [2.45, 2.75) is 40.8 Å². The average molecular weight is 388 g/mol. The first kappa shape index (κ1) is 19.0. The van der Waals surface area contributed by atoms with Crippen LogP contribution in [-0.2, 0) is 4.79 Å². The Bertz CT molecular complexity index is 928. The Morgan fingerprint density at radius 1 is 1.31 bits per heavy atom. The highest BCUT2D eigenvalue weighted by Crippen LogP contribution is 2.26. The predicted octanol–water partition coefficient (Wildman–Crippen LogP) is 3.41. The van der Waals surface area contributed by atoms with E-state index < -0.39 is 0 Å². The minimum Gasteiger partial charge on any atom is -0.344 e. The van der Waals surface area contributed by atoms with Crippen LogP contribution in [0.1, 0.15) is 29.9 Å². The van der Waals surface area contributed by atoms with Crippen molar-refractivity contribution in [2.24, 2.45) is 4.99 Å². The van der Waals surface area contributed by atoms with Crippen molar-refractivity contribution in [3.8, 4) is 0 Å². The molecule has 6 heteroatoms. The summed E-state index contributed by atoms with van der Waals surface area (Å²) < 4.78 is 1.08. The van der Waals surface area contributed by atoms with E-state index in [0.717, 1.165) is 38.3 Å². The van der Waals surface area contributed by atoms with Gasteiger partial charge in [-0.2, -0.15) is 0 Å². The number of aryl methyl sites for hydroxylation is 3. The van der Waals surface area contributed by atoms with E-state index in [9.17, 15) is 4.79 Å². The lowest BCUT2D eigenvalue weighted by molar-refractivity contribution is -0.113. The number of hydrogen-bond acceptors (Lipinski definition) is 5. The van der Waals surface area contributed by atoms with Crippen LogP contribution in [0.5, 0.6) is 0 Å². The minimum absolute atomic E-state index is 0.0274. The summed E-state index contributed by atoms with van der Waals surface area (Å²) in [6.45, 7) is 11.3. The van der Waals surface area contributed by atoms with Crippen molar-refractivity contribution >= 4 is 39.7 Å². The van der Waals surface area contributed by atoms with Gasteiger partial charge in [-0.1, -0.05) is 30.0 Å². The maximum atomic E-state index is 12.6. The third-order valence-electron chi connectivity index (χ3n) is 4.51. The third kappa shape index (κ3) is 3.81. The monoisotopic (exact) mass is 387 g/mol. The highest BCUT2D eigenvalue weighted by atomic mass is 32.2. The van der Waals surface area contributed by atoms with E-state index >= 15 is 0 Å². The standard InChI is InChI=1S/C20H25N3OS2/c1-6-23-15(5)21-19-16(10-14(4)26-19)20(23)25-11-17(24)22-18-12(2)8-7-9-13(18)3/h7-10,15H,6,11H2,1-5H3,(H,22,24). The molecule has 1 unspecified atom stereocenters. The molecule has 26 heavy (non-hydrogen) atoms. The number of carbonyl (C=O) groups excluding carboxylic acids is 1. The van der Waals surface area contributed by atoms with Crippen LogP contribution in [0.25, 0.3) is 5.03 Å². The summed E-state index contributed by atoms with van der Waals surface area (Å²) >= 11 is 3.33. The first-order valence-electron chi connectivity index (χ1n) is 8.84. The molecule has 0 radical (unpaired) electrons. The van der Waals surface area contributed by atoms with Gasteiger partial charge in [0.05, 0.1) is 10.8 Å². The van der Waals surface area contributed by atoms with Crippen LogP contribution < -0.4 is 15.2 Å². The molecule has 138 valence electrons. The Balaban J connectivity index is 1.81. The molecule has 1 aromatic carbocycles. The Morgan fingerprint density at radius 3 is 2.65 bits per heavy atom. The summed E-state index contributed by atoms with van der Waals surface area (Å²) in [6, 6.07) is 8.24. The number of benzene rings is 1. The molecule has 3 rings (SSSR count). The SMILES string of the molecule is CCN1C(SCC(=O)Nc2c(C)cccc2C)=c2cc(C)sc2=NC1C. The second-order valence-corrected chi connectivity index (χ2v) is 8.73. The number of nitrogens with one attached hydrogen (secondary N) is 1. The van der Waals surface area contributed by atoms with Crippen molar-refractivity contribution in [1.82, 2.24) is 4.90 Å². The zero-order valence-corrected chi connectivity index (χ0v) is 17.6. The van der Waals surface area contributed by atoms with E-state index in [-0.39, 0.29) is 12.1 Å². The van der Waals surface area contributed by atoms with Crippen molar-refractivity contribution < 1.29 is 4.79 Å². The smallest absolute Gasteiger partial charge is 0.234 e. The van der Waals surface area contributed by atoms with Gasteiger partial charge in [-0.15, -0.1) is 11.3 Å². The summed E-state index contributed by atoms with van der Waals surface area (Å²) in [4.78, 5) is 20.9. The quantitative estimate of drug-likeness (QED) is 0.855. The van der Waals surface area contributed by atoms with Crippen molar-refractivity contribution in [3.63, 3.8) is 0 Å². The Morgan fingerprint density at radius 2 is 2.00 bits per heavy atom. The van der Waals surface area contributed by atoms with E-state index in [0.29, 0.717) is 5.75 Å². The zero-order valence-electron chi connectivity index (χ0n) is 15.9. The number of para-hydroxylation sites is 1. The molecule has 0 spiro atoms. The van der Waals surface area contributed by atoms with E-state index in [1.807, 2.05) is 32.0 Å². The summed E-state index contributed by atoms with van der Waals surface area (Å²) in [7, 11) is 0. The summed E-state index contributed by atoms with van der Waals surface area (Å²) in [5.41, 5.74) is 3.11. The number of amides is 1. The van der Waals surface area contributed by atoms with Crippen LogP contribution in [0.15, 0.2) is 29.3 Å². The fraction of sp³-hybridized carbons (Fsp3) is 0.400. The van der Waals surface area contributed by atoms with Gasteiger partial charge in [0.2, 0.25) is 5.91 Å². The number of hydrogen-bond donors (Lipinski definition) is 1. The number of fused-ring (bicyclic) bond motifs is 1. The summed E-state index contributed by atoms with van der Waals surface area (Å²) in [6.07, 6.45) is 0.106. The number of thioether (sulfide) groups is 1. The molecule has 2 aromatic rings. The highest BCUT2D eigenvalue weighted by Gasteiger charge is 2.22. The maximum Gasteiger partial charge on any atom is 0.234 e. The van der Waals surface area contributed by atoms with Crippen LogP contribution in [0.4, 0.5) is 5.69 Å². The molecule has 2 heterocycles. The van der Waals surface area contributed by atoms with Gasteiger partial charge in [0, 0.05) is 22.3 Å². The van der Waals surface area contributed by atoms with Crippen LogP contribution in [0.2, 0.25) is 0 Å². The molecule has 1 aromatic heterocycles. The molecule has 0 bridgehead atoms. The second kappa shape index (κ2) is 7.84. The van der Waals surface area contributed by atoms with E-state index in [2.05, 4.69) is 37.1 Å². The molecule has 1 aliphatic rings. The Kier molecular flexibility index (Phi) is 5.73. The van der Waals surface area contributed by atoms with Gasteiger partial charge in [-0.25, -0.2) is 4.99 Å². The molecule has 0 fully saturated rings. The fourth-order valence-electron chi connectivity index (χ4n) is 3.20. The molecule has 1 atom stereocenters. The van der Waals surface area contributed by atoms with Crippen molar-refractivity contribution in [2.75, 3.05) is 17.6 Å². The molecule has 0 aliphatic carbocycles. The van der Waals surface area contributed by atoms with E-state index in [4.69, 9.17) is 4.99 Å². The fourth-order valence-corrected chi connectivity index (χ4v) is 5.32. The van der Waals surface area contributed by atoms with Gasteiger partial charge in [0.15, 0.2) is 0 Å². The molecule has 4 nitrogen and oxygen atoms in total. The number of thiophene rings is 1. The zero-order chi connectivity index (χ0) is 18.8. The summed E-state index contributed by atoms with van der Waals surface area (Å²) in [5.74, 6) is 0.417. The van der Waals surface area contributed by atoms with E-state index in [1.165, 1.54) is 4.88 Å². The first-order valence-corrected chi connectivity index (χ1v) is 10.6. The van der Waals surface area contributed by atoms with Gasteiger partial charge in [-0.3, -0.25) is 4.79 Å². The average Bonchev–Trinajstić information content (AvgIpc) is 2.95. The topological polar surface area (TPSA) is 44.7 Å². The molecule has 0 saturated heterocycles. The predicted molar refractivity (Wildman–Crippen MR) is 112 cm³/mol. The Labute approximate surface area is 163 Å². The second-order valence-electron chi connectivity index (χ2n) is 6.53. The Hall–Kier alpha value is -1.79. The first-order chi connectivity index (χ1) is 12.4. The number of nitrogens with zero attached hydrogens (tertiary/aromatic N) is 2. The largest absolute Gasteiger partial charge is 0.344 e. The van der Waals surface area contributed by atoms with Gasteiger partial charge < -0.3 is 10.2 Å². The van der Waals surface area contributed by atoms with Crippen LogP contribution in [0.3, 0.4) is 0 Å². The molecule has 1 aliphatic heterocycles. The van der Waals surface area contributed by atoms with Crippen LogP contribution in [0, 0.1) is 20.8 Å². The van der Waals surface area contributed by atoms with E-state index in [1.54, 1.807) is 23.1 Å². The normalized spacial score (nSPS) is 16.3. The lowest BCUT2D eigenvalue weighted by Gasteiger charge is -2.31. The van der Waals surface area contributed by atoms with Crippen molar-refractivity contribution in [3.05, 3.63) is 50.2 Å². The van der Waals surface area contributed by atoms with Gasteiger partial charge in [0.1, 0.15) is 10.8 Å². The van der Waals surface area contributed by atoms with Gasteiger partial charge in [0.25, 0.3) is 0 Å². The minimum atomic E-state index is 0.0274. The number of carbonyl (C=O) groups is 1. The highest BCUT2D eigenvalue weighted by molar-refractivity contribution is 8.08. The number of rotatable bonds is 5. The molecular weight excluding hydrogens is 362 g/mol. The third-order valence-corrected chi connectivity index (χ3v) is 6.60. The van der Waals surface area contributed by atoms with Gasteiger partial charge in [-0.05, 0) is 51.8 Å². The molecule has 1 N–H and O–H groups in total. The molecule has 0 saturated carbocycles.